The Morgan fingerprint density at radius 3 is 2.64 bits per heavy atom. The van der Waals surface area contributed by atoms with Gasteiger partial charge in [0.2, 0.25) is 0 Å². The van der Waals surface area contributed by atoms with Gasteiger partial charge in [0.1, 0.15) is 5.82 Å². The van der Waals surface area contributed by atoms with Crippen molar-refractivity contribution in [3.05, 3.63) is 69.2 Å². The Morgan fingerprint density at radius 1 is 1.16 bits per heavy atom. The second-order valence-corrected chi connectivity index (χ2v) is 6.90. The van der Waals surface area contributed by atoms with E-state index in [1.165, 1.54) is 0 Å². The van der Waals surface area contributed by atoms with Crippen molar-refractivity contribution >= 4 is 39.8 Å². The molecule has 0 fully saturated rings. The standard InChI is InChI=1S/C20H18ClN3O/c1-23(2)16-6-3-13(4-7-16)11-14-9-10-24-19(14)22-18-12-15(21)5-8-17(18)20(24)25/h3-8,11-12H,9-10H2,1-2H3/b14-11+. The van der Waals surface area contributed by atoms with E-state index >= 15 is 0 Å². The van der Waals surface area contributed by atoms with E-state index in [0.717, 1.165) is 29.1 Å². The molecule has 1 aliphatic rings. The molecule has 2 heterocycles. The van der Waals surface area contributed by atoms with E-state index in [0.29, 0.717) is 22.5 Å². The number of hydrogen-bond acceptors (Lipinski definition) is 3. The summed E-state index contributed by atoms with van der Waals surface area (Å²) in [6, 6.07) is 13.6. The van der Waals surface area contributed by atoms with Crippen LogP contribution in [-0.4, -0.2) is 23.6 Å². The van der Waals surface area contributed by atoms with Crippen LogP contribution < -0.4 is 10.5 Å². The van der Waals surface area contributed by atoms with Gasteiger partial charge in [-0.15, -0.1) is 0 Å². The third kappa shape index (κ3) is 2.83. The van der Waals surface area contributed by atoms with Gasteiger partial charge >= 0.3 is 0 Å². The molecule has 2 aromatic carbocycles. The van der Waals surface area contributed by atoms with Crippen molar-refractivity contribution in [2.24, 2.45) is 0 Å². The van der Waals surface area contributed by atoms with Crippen LogP contribution in [0.3, 0.4) is 0 Å². The van der Waals surface area contributed by atoms with Crippen LogP contribution in [0, 0.1) is 0 Å². The van der Waals surface area contributed by atoms with Gasteiger partial charge in [-0.1, -0.05) is 23.7 Å². The Hall–Kier alpha value is -2.59. The maximum Gasteiger partial charge on any atom is 0.261 e. The van der Waals surface area contributed by atoms with E-state index in [4.69, 9.17) is 16.6 Å². The van der Waals surface area contributed by atoms with Crippen LogP contribution >= 0.6 is 11.6 Å². The highest BCUT2D eigenvalue weighted by atomic mass is 35.5. The second-order valence-electron chi connectivity index (χ2n) is 6.46. The van der Waals surface area contributed by atoms with E-state index in [9.17, 15) is 4.79 Å². The Kier molecular flexibility index (Phi) is 3.85. The van der Waals surface area contributed by atoms with E-state index in [-0.39, 0.29) is 5.56 Å². The van der Waals surface area contributed by atoms with E-state index in [2.05, 4.69) is 35.2 Å². The van der Waals surface area contributed by atoms with Crippen LogP contribution in [0.2, 0.25) is 5.02 Å². The van der Waals surface area contributed by atoms with E-state index in [1.54, 1.807) is 22.8 Å². The van der Waals surface area contributed by atoms with E-state index in [1.807, 2.05) is 14.1 Å². The summed E-state index contributed by atoms with van der Waals surface area (Å²) in [6.45, 7) is 0.668. The predicted octanol–water partition coefficient (Wildman–Crippen LogP) is 4.06. The summed E-state index contributed by atoms with van der Waals surface area (Å²) in [5.74, 6) is 0.747. The van der Waals surface area contributed by atoms with Gasteiger partial charge < -0.3 is 4.90 Å². The molecule has 0 bridgehead atoms. The first-order chi connectivity index (χ1) is 12.0. The number of halogens is 1. The number of benzene rings is 2. The number of fused-ring (bicyclic) bond motifs is 2. The summed E-state index contributed by atoms with van der Waals surface area (Å²) in [7, 11) is 4.04. The first-order valence-electron chi connectivity index (χ1n) is 8.21. The van der Waals surface area contributed by atoms with Crippen molar-refractivity contribution < 1.29 is 0 Å². The Labute approximate surface area is 151 Å². The third-order valence-corrected chi connectivity index (χ3v) is 4.79. The fourth-order valence-corrected chi connectivity index (χ4v) is 3.36. The normalized spacial score (nSPS) is 14.9. The lowest BCUT2D eigenvalue weighted by Crippen LogP contribution is -2.20. The molecule has 0 saturated heterocycles. The minimum atomic E-state index is 0.00280. The maximum absolute atomic E-state index is 12.7. The topological polar surface area (TPSA) is 38.1 Å². The summed E-state index contributed by atoms with van der Waals surface area (Å²) < 4.78 is 1.76. The SMILES string of the molecule is CN(C)c1ccc(/C=C2\CCn3c2nc2cc(Cl)ccc2c3=O)cc1. The van der Waals surface area contributed by atoms with Gasteiger partial charge in [-0.25, -0.2) is 4.98 Å². The molecule has 3 aromatic rings. The van der Waals surface area contributed by atoms with Crippen molar-refractivity contribution in [3.63, 3.8) is 0 Å². The van der Waals surface area contributed by atoms with Crippen molar-refractivity contribution in [3.8, 4) is 0 Å². The lowest BCUT2D eigenvalue weighted by atomic mass is 10.1. The number of anilines is 1. The minimum absolute atomic E-state index is 0.00280. The molecule has 0 aliphatic carbocycles. The predicted molar refractivity (Wildman–Crippen MR) is 104 cm³/mol. The second kappa shape index (κ2) is 6.05. The number of rotatable bonds is 2. The van der Waals surface area contributed by atoms with Crippen molar-refractivity contribution in [1.82, 2.24) is 9.55 Å². The van der Waals surface area contributed by atoms with Gasteiger partial charge in [0.05, 0.1) is 10.9 Å². The highest BCUT2D eigenvalue weighted by Gasteiger charge is 2.20. The molecule has 4 nitrogen and oxygen atoms in total. The van der Waals surface area contributed by atoms with Crippen molar-refractivity contribution in [2.75, 3.05) is 19.0 Å². The Balaban J connectivity index is 1.81. The first-order valence-corrected chi connectivity index (χ1v) is 8.59. The fraction of sp³-hybridized carbons (Fsp3) is 0.200. The largest absolute Gasteiger partial charge is 0.378 e. The van der Waals surface area contributed by atoms with Gasteiger partial charge in [-0.3, -0.25) is 9.36 Å². The average molecular weight is 352 g/mol. The van der Waals surface area contributed by atoms with Crippen LogP contribution in [0.25, 0.3) is 22.6 Å². The molecule has 0 spiro atoms. The van der Waals surface area contributed by atoms with Gasteiger partial charge in [0, 0.05) is 31.4 Å². The molecule has 0 atom stereocenters. The number of nitrogens with zero attached hydrogens (tertiary/aromatic N) is 3. The number of aromatic nitrogens is 2. The quantitative estimate of drug-likeness (QED) is 0.698. The third-order valence-electron chi connectivity index (χ3n) is 4.56. The molecule has 126 valence electrons. The molecule has 25 heavy (non-hydrogen) atoms. The van der Waals surface area contributed by atoms with Gasteiger partial charge in [-0.05, 0) is 54.0 Å². The highest BCUT2D eigenvalue weighted by molar-refractivity contribution is 6.31. The molecular formula is C20H18ClN3O. The Morgan fingerprint density at radius 2 is 1.92 bits per heavy atom. The number of allylic oxidation sites excluding steroid dienone is 1. The molecule has 1 aromatic heterocycles. The zero-order valence-corrected chi connectivity index (χ0v) is 14.9. The summed E-state index contributed by atoms with van der Waals surface area (Å²) in [5, 5.41) is 1.21. The fourth-order valence-electron chi connectivity index (χ4n) is 3.20. The Bertz CT molecular complexity index is 1050. The first kappa shape index (κ1) is 15.9. The van der Waals surface area contributed by atoms with Gasteiger partial charge in [0.15, 0.2) is 0 Å². The maximum atomic E-state index is 12.7. The van der Waals surface area contributed by atoms with Crippen LogP contribution in [-0.2, 0) is 6.54 Å². The van der Waals surface area contributed by atoms with Crippen LogP contribution in [0.4, 0.5) is 5.69 Å². The molecule has 0 N–H and O–H groups in total. The molecule has 1 aliphatic heterocycles. The van der Waals surface area contributed by atoms with Crippen LogP contribution in [0.1, 0.15) is 17.8 Å². The molecule has 4 rings (SSSR count). The van der Waals surface area contributed by atoms with Gasteiger partial charge in [0.25, 0.3) is 5.56 Å². The molecule has 0 radical (unpaired) electrons. The van der Waals surface area contributed by atoms with Crippen LogP contribution in [0.5, 0.6) is 0 Å². The van der Waals surface area contributed by atoms with Crippen LogP contribution in [0.15, 0.2) is 47.3 Å². The lowest BCUT2D eigenvalue weighted by molar-refractivity contribution is 0.725. The molecular weight excluding hydrogens is 334 g/mol. The molecule has 5 heteroatoms. The van der Waals surface area contributed by atoms with Crippen molar-refractivity contribution in [2.45, 2.75) is 13.0 Å². The summed E-state index contributed by atoms with van der Waals surface area (Å²) in [6.07, 6.45) is 2.92. The number of hydrogen-bond donors (Lipinski definition) is 0. The van der Waals surface area contributed by atoms with Gasteiger partial charge in [-0.2, -0.15) is 0 Å². The monoisotopic (exact) mass is 351 g/mol. The molecule has 0 amide bonds. The smallest absolute Gasteiger partial charge is 0.261 e. The zero-order chi connectivity index (χ0) is 17.6. The highest BCUT2D eigenvalue weighted by Crippen LogP contribution is 2.28. The average Bonchev–Trinajstić information content (AvgIpc) is 2.98. The summed E-state index contributed by atoms with van der Waals surface area (Å²) in [5.41, 5.74) is 4.00. The van der Waals surface area contributed by atoms with Crippen molar-refractivity contribution in [1.29, 1.82) is 0 Å². The molecule has 0 saturated carbocycles. The summed E-state index contributed by atoms with van der Waals surface area (Å²) in [4.78, 5) is 19.5. The minimum Gasteiger partial charge on any atom is -0.378 e. The summed E-state index contributed by atoms with van der Waals surface area (Å²) >= 11 is 6.06. The van der Waals surface area contributed by atoms with E-state index < -0.39 is 0 Å². The zero-order valence-electron chi connectivity index (χ0n) is 14.2. The molecule has 0 unspecified atom stereocenters. The lowest BCUT2D eigenvalue weighted by Gasteiger charge is -2.12.